The first-order valence-electron chi connectivity index (χ1n) is 12.0. The summed E-state index contributed by atoms with van der Waals surface area (Å²) >= 11 is 0. The molecule has 0 unspecified atom stereocenters. The standard InChI is InChI=1S/C29H26F6O3/c1-2-3-21-17-36-27(37-18-21)22-9-11-23(12-10-22)29(34,35)38-24-13-6-19(7-14-24)4-5-20-8-15-25(26(30)16-20)28(31,32)33/h2-3,6-16,21,27H,4-5,17-18H2,1H3/b3-2+. The average molecular weight is 537 g/mol. The molecule has 1 aliphatic rings. The number of halogens is 6. The van der Waals surface area contributed by atoms with Gasteiger partial charge in [-0.2, -0.15) is 22.0 Å². The van der Waals surface area contributed by atoms with Gasteiger partial charge in [0.05, 0.1) is 24.3 Å². The average Bonchev–Trinajstić information content (AvgIpc) is 2.88. The second kappa shape index (κ2) is 11.6. The highest BCUT2D eigenvalue weighted by atomic mass is 19.4. The van der Waals surface area contributed by atoms with Gasteiger partial charge in [-0.1, -0.05) is 42.5 Å². The van der Waals surface area contributed by atoms with Gasteiger partial charge in [-0.15, -0.1) is 0 Å². The monoisotopic (exact) mass is 536 g/mol. The first kappa shape index (κ1) is 27.7. The number of alkyl halides is 5. The van der Waals surface area contributed by atoms with Crippen molar-refractivity contribution < 1.29 is 40.6 Å². The summed E-state index contributed by atoms with van der Waals surface area (Å²) in [5.74, 6) is -1.23. The fraction of sp³-hybridized carbons (Fsp3) is 0.310. The smallest absolute Gasteiger partial charge is 0.426 e. The van der Waals surface area contributed by atoms with Crippen LogP contribution in [0.3, 0.4) is 0 Å². The number of benzene rings is 3. The highest BCUT2D eigenvalue weighted by Gasteiger charge is 2.35. The van der Waals surface area contributed by atoms with Gasteiger partial charge in [0, 0.05) is 11.5 Å². The molecular weight excluding hydrogens is 510 g/mol. The van der Waals surface area contributed by atoms with Crippen molar-refractivity contribution in [3.8, 4) is 5.75 Å². The largest absolute Gasteiger partial charge is 0.429 e. The van der Waals surface area contributed by atoms with E-state index >= 15 is 0 Å². The summed E-state index contributed by atoms with van der Waals surface area (Å²) in [7, 11) is 0. The van der Waals surface area contributed by atoms with Crippen LogP contribution in [-0.2, 0) is 34.6 Å². The van der Waals surface area contributed by atoms with E-state index < -0.39 is 30.0 Å². The third-order valence-corrected chi connectivity index (χ3v) is 6.12. The minimum absolute atomic E-state index is 0.0580. The summed E-state index contributed by atoms with van der Waals surface area (Å²) < 4.78 is 97.7. The zero-order valence-corrected chi connectivity index (χ0v) is 20.5. The lowest BCUT2D eigenvalue weighted by molar-refractivity contribution is -0.198. The van der Waals surface area contributed by atoms with E-state index in [4.69, 9.17) is 14.2 Å². The number of rotatable bonds is 8. The zero-order valence-electron chi connectivity index (χ0n) is 20.5. The lowest BCUT2D eigenvalue weighted by Crippen LogP contribution is -2.26. The molecule has 3 nitrogen and oxygen atoms in total. The Labute approximate surface area is 216 Å². The van der Waals surface area contributed by atoms with Crippen molar-refractivity contribution in [3.05, 3.63) is 113 Å². The van der Waals surface area contributed by atoms with Gasteiger partial charge >= 0.3 is 12.3 Å². The molecule has 1 fully saturated rings. The number of hydrogen-bond donors (Lipinski definition) is 0. The molecule has 4 rings (SSSR count). The molecule has 0 aliphatic carbocycles. The number of hydrogen-bond acceptors (Lipinski definition) is 3. The summed E-state index contributed by atoms with van der Waals surface area (Å²) in [6.07, 6.45) is -4.39. The van der Waals surface area contributed by atoms with E-state index in [0.29, 0.717) is 36.8 Å². The minimum Gasteiger partial charge on any atom is -0.429 e. The van der Waals surface area contributed by atoms with Gasteiger partial charge in [-0.3, -0.25) is 0 Å². The predicted molar refractivity (Wildman–Crippen MR) is 129 cm³/mol. The van der Waals surface area contributed by atoms with Crippen LogP contribution in [0, 0.1) is 11.7 Å². The maximum atomic E-state index is 14.8. The third kappa shape index (κ3) is 6.96. The topological polar surface area (TPSA) is 27.7 Å². The molecule has 1 heterocycles. The highest BCUT2D eigenvalue weighted by molar-refractivity contribution is 5.32. The van der Waals surface area contributed by atoms with Crippen molar-refractivity contribution >= 4 is 0 Å². The Kier molecular flexibility index (Phi) is 8.47. The van der Waals surface area contributed by atoms with Crippen LogP contribution >= 0.6 is 0 Å². The van der Waals surface area contributed by atoms with Crippen LogP contribution in [0.1, 0.15) is 41.0 Å². The maximum Gasteiger partial charge on any atom is 0.426 e. The van der Waals surface area contributed by atoms with Gasteiger partial charge in [0.15, 0.2) is 6.29 Å². The number of allylic oxidation sites excluding steroid dienone is 1. The third-order valence-electron chi connectivity index (χ3n) is 6.12. The molecule has 3 aromatic rings. The Balaban J connectivity index is 1.32. The van der Waals surface area contributed by atoms with Crippen molar-refractivity contribution in [1.82, 2.24) is 0 Å². The van der Waals surface area contributed by atoms with Gasteiger partial charge in [0.1, 0.15) is 11.6 Å². The number of ether oxygens (including phenoxy) is 3. The second-order valence-electron chi connectivity index (χ2n) is 8.98. The summed E-state index contributed by atoms with van der Waals surface area (Å²) in [6, 6.07) is 14.3. The molecule has 0 amide bonds. The molecule has 0 atom stereocenters. The van der Waals surface area contributed by atoms with Crippen LogP contribution < -0.4 is 4.74 Å². The van der Waals surface area contributed by atoms with Crippen molar-refractivity contribution in [2.45, 2.75) is 38.3 Å². The van der Waals surface area contributed by atoms with Gasteiger partial charge in [0.2, 0.25) is 0 Å². The van der Waals surface area contributed by atoms with Gasteiger partial charge in [-0.05, 0) is 67.3 Å². The van der Waals surface area contributed by atoms with Crippen LogP contribution in [0.2, 0.25) is 0 Å². The molecule has 0 bridgehead atoms. The number of aryl methyl sites for hydroxylation is 2. The lowest BCUT2D eigenvalue weighted by atomic mass is 10.0. The molecular formula is C29H26F6O3. The Hall–Kier alpha value is -3.30. The molecule has 1 saturated heterocycles. The lowest BCUT2D eigenvalue weighted by Gasteiger charge is -2.28. The predicted octanol–water partition coefficient (Wildman–Crippen LogP) is 8.00. The van der Waals surface area contributed by atoms with E-state index in [2.05, 4.69) is 0 Å². The Morgan fingerprint density at radius 1 is 0.842 bits per heavy atom. The summed E-state index contributed by atoms with van der Waals surface area (Å²) in [5.41, 5.74) is 0.104. The molecule has 9 heteroatoms. The maximum absolute atomic E-state index is 14.8. The molecule has 0 saturated carbocycles. The van der Waals surface area contributed by atoms with Gasteiger partial charge in [-0.25, -0.2) is 4.39 Å². The fourth-order valence-electron chi connectivity index (χ4n) is 4.09. The van der Waals surface area contributed by atoms with E-state index in [1.165, 1.54) is 42.5 Å². The van der Waals surface area contributed by atoms with E-state index in [1.807, 2.05) is 19.1 Å². The summed E-state index contributed by atoms with van der Waals surface area (Å²) in [5, 5.41) is 0. The molecule has 1 aliphatic heterocycles. The molecule has 0 spiro atoms. The quantitative estimate of drug-likeness (QED) is 0.216. The Bertz CT molecular complexity index is 1230. The second-order valence-corrected chi connectivity index (χ2v) is 8.98. The normalized spacial score (nSPS) is 18.6. The van der Waals surface area contributed by atoms with Crippen molar-refractivity contribution in [1.29, 1.82) is 0 Å². The zero-order chi connectivity index (χ0) is 27.3. The Morgan fingerprint density at radius 2 is 1.45 bits per heavy atom. The first-order chi connectivity index (χ1) is 18.0. The fourth-order valence-corrected chi connectivity index (χ4v) is 4.09. The highest BCUT2D eigenvalue weighted by Crippen LogP contribution is 2.34. The van der Waals surface area contributed by atoms with Crippen LogP contribution in [0.5, 0.6) is 5.75 Å². The molecule has 0 N–H and O–H groups in total. The van der Waals surface area contributed by atoms with Crippen LogP contribution in [-0.4, -0.2) is 13.2 Å². The van der Waals surface area contributed by atoms with Gasteiger partial charge < -0.3 is 14.2 Å². The van der Waals surface area contributed by atoms with E-state index in [-0.39, 0.29) is 23.7 Å². The van der Waals surface area contributed by atoms with E-state index in [9.17, 15) is 26.3 Å². The van der Waals surface area contributed by atoms with Crippen molar-refractivity contribution in [2.75, 3.05) is 13.2 Å². The van der Waals surface area contributed by atoms with E-state index in [0.717, 1.165) is 11.6 Å². The Morgan fingerprint density at radius 3 is 2.03 bits per heavy atom. The van der Waals surface area contributed by atoms with Crippen LogP contribution in [0.4, 0.5) is 26.3 Å². The molecule has 202 valence electrons. The van der Waals surface area contributed by atoms with Crippen molar-refractivity contribution in [3.63, 3.8) is 0 Å². The van der Waals surface area contributed by atoms with Crippen molar-refractivity contribution in [2.24, 2.45) is 5.92 Å². The summed E-state index contributed by atoms with van der Waals surface area (Å²) in [4.78, 5) is 0. The van der Waals surface area contributed by atoms with Crippen LogP contribution in [0.25, 0.3) is 0 Å². The minimum atomic E-state index is -4.75. The first-order valence-corrected chi connectivity index (χ1v) is 12.0. The van der Waals surface area contributed by atoms with Crippen LogP contribution in [0.15, 0.2) is 78.9 Å². The molecule has 38 heavy (non-hydrogen) atoms. The SMILES string of the molecule is C/C=C/C1COC(c2ccc(C(F)(F)Oc3ccc(CCc4ccc(C(F)(F)F)c(F)c4)cc3)cc2)OC1. The molecule has 3 aromatic carbocycles. The molecule has 0 radical (unpaired) electrons. The van der Waals surface area contributed by atoms with Gasteiger partial charge in [0.25, 0.3) is 0 Å². The molecule has 0 aromatic heterocycles. The van der Waals surface area contributed by atoms with E-state index in [1.54, 1.807) is 12.1 Å². The summed E-state index contributed by atoms with van der Waals surface area (Å²) in [6.45, 7) is 2.87.